The maximum Gasteiger partial charge on any atom is 0.229 e. The quantitative estimate of drug-likeness (QED) is 0.702. The number of aliphatic hydroxyl groups is 1. The number of phenols is 1. The highest BCUT2D eigenvalue weighted by atomic mass is 16.3. The molecule has 4 rings (SSSR count). The van der Waals surface area contributed by atoms with Gasteiger partial charge in [0, 0.05) is 49.0 Å². The van der Waals surface area contributed by atoms with Gasteiger partial charge in [-0.1, -0.05) is 0 Å². The Hall–Kier alpha value is -2.38. The molecule has 0 unspecified atom stereocenters. The molecule has 2 fully saturated rings. The molecule has 1 aromatic heterocycles. The van der Waals surface area contributed by atoms with Crippen molar-refractivity contribution in [2.75, 3.05) is 43.4 Å². The minimum absolute atomic E-state index is 0.0886. The van der Waals surface area contributed by atoms with Crippen LogP contribution >= 0.6 is 0 Å². The van der Waals surface area contributed by atoms with Crippen LogP contribution in [0.2, 0.25) is 0 Å². The van der Waals surface area contributed by atoms with Crippen molar-refractivity contribution in [1.82, 2.24) is 14.9 Å². The monoisotopic (exact) mass is 383 g/mol. The summed E-state index contributed by atoms with van der Waals surface area (Å²) in [5.41, 5.74) is 1.63. The number of anilines is 3. The van der Waals surface area contributed by atoms with Crippen molar-refractivity contribution in [3.8, 4) is 5.75 Å². The number of piperidine rings is 2. The minimum Gasteiger partial charge on any atom is -0.508 e. The van der Waals surface area contributed by atoms with Gasteiger partial charge in [-0.2, -0.15) is 4.98 Å². The molecule has 2 atom stereocenters. The van der Waals surface area contributed by atoms with Gasteiger partial charge in [-0.25, -0.2) is 4.98 Å². The molecule has 3 heterocycles. The highest BCUT2D eigenvalue weighted by molar-refractivity contribution is 5.56. The number of rotatable bonds is 3. The van der Waals surface area contributed by atoms with E-state index in [-0.39, 0.29) is 17.3 Å². The van der Waals surface area contributed by atoms with E-state index in [1.165, 1.54) is 0 Å². The SMILES string of the molecule is Cc1cc(N2CCC[C@]3(CN(C)CC[C@@H]3O)C2)nc(Nc2ccc(O)cc2)n1. The Morgan fingerprint density at radius 1 is 1.14 bits per heavy atom. The first kappa shape index (κ1) is 19.0. The van der Waals surface area contributed by atoms with E-state index in [1.54, 1.807) is 24.3 Å². The molecule has 2 aromatic rings. The van der Waals surface area contributed by atoms with Crippen LogP contribution in [0, 0.1) is 12.3 Å². The normalized spacial score (nSPS) is 25.8. The van der Waals surface area contributed by atoms with Crippen LogP contribution in [0.15, 0.2) is 30.3 Å². The van der Waals surface area contributed by atoms with Crippen molar-refractivity contribution in [3.05, 3.63) is 36.0 Å². The van der Waals surface area contributed by atoms with Crippen LogP contribution in [0.25, 0.3) is 0 Å². The summed E-state index contributed by atoms with van der Waals surface area (Å²) in [4.78, 5) is 13.9. The van der Waals surface area contributed by atoms with Gasteiger partial charge in [0.05, 0.1) is 6.10 Å². The van der Waals surface area contributed by atoms with Gasteiger partial charge in [-0.05, 0) is 57.5 Å². The number of aliphatic hydroxyl groups excluding tert-OH is 1. The molecule has 2 aliphatic heterocycles. The fourth-order valence-electron chi connectivity index (χ4n) is 4.57. The number of aromatic nitrogens is 2. The van der Waals surface area contributed by atoms with Gasteiger partial charge in [0.1, 0.15) is 11.6 Å². The molecule has 0 radical (unpaired) electrons. The van der Waals surface area contributed by atoms with E-state index in [0.717, 1.165) is 62.6 Å². The van der Waals surface area contributed by atoms with Gasteiger partial charge in [-0.3, -0.25) is 0 Å². The number of nitrogens with one attached hydrogen (secondary N) is 1. The second-order valence-corrected chi connectivity index (χ2v) is 8.29. The molecule has 2 saturated heterocycles. The molecule has 0 saturated carbocycles. The van der Waals surface area contributed by atoms with Gasteiger partial charge in [0.15, 0.2) is 0 Å². The van der Waals surface area contributed by atoms with E-state index in [1.807, 2.05) is 13.0 Å². The molecule has 1 spiro atoms. The number of hydrogen-bond donors (Lipinski definition) is 3. The molecule has 28 heavy (non-hydrogen) atoms. The standard InChI is InChI=1S/C21H29N5O2/c1-15-12-19(24-20(22-15)23-16-4-6-17(27)7-5-16)26-10-3-9-21(14-26)13-25(2)11-8-18(21)28/h4-7,12,18,27-28H,3,8-11,13-14H2,1-2H3,(H,22,23,24)/t18-,21-/m0/s1. The molecule has 0 aliphatic carbocycles. The number of nitrogens with zero attached hydrogens (tertiary/aromatic N) is 4. The lowest BCUT2D eigenvalue weighted by atomic mass is 9.71. The van der Waals surface area contributed by atoms with Crippen LogP contribution in [0.5, 0.6) is 5.75 Å². The van der Waals surface area contributed by atoms with Gasteiger partial charge >= 0.3 is 0 Å². The maximum atomic E-state index is 10.8. The van der Waals surface area contributed by atoms with E-state index in [4.69, 9.17) is 4.98 Å². The van der Waals surface area contributed by atoms with Crippen molar-refractivity contribution >= 4 is 17.5 Å². The first-order chi connectivity index (χ1) is 13.4. The summed E-state index contributed by atoms with van der Waals surface area (Å²) in [6.45, 7) is 5.60. The lowest BCUT2D eigenvalue weighted by Gasteiger charge is -2.50. The first-order valence-corrected chi connectivity index (χ1v) is 9.97. The van der Waals surface area contributed by atoms with Crippen molar-refractivity contribution in [2.24, 2.45) is 5.41 Å². The van der Waals surface area contributed by atoms with Crippen molar-refractivity contribution in [3.63, 3.8) is 0 Å². The summed E-state index contributed by atoms with van der Waals surface area (Å²) in [5, 5.41) is 23.4. The number of aromatic hydroxyl groups is 1. The summed E-state index contributed by atoms with van der Waals surface area (Å²) in [7, 11) is 2.14. The molecule has 150 valence electrons. The summed E-state index contributed by atoms with van der Waals surface area (Å²) in [6.07, 6.45) is 2.68. The molecular weight excluding hydrogens is 354 g/mol. The van der Waals surface area contributed by atoms with Gasteiger partial charge in [0.25, 0.3) is 0 Å². The summed E-state index contributed by atoms with van der Waals surface area (Å²) >= 11 is 0. The lowest BCUT2D eigenvalue weighted by molar-refractivity contribution is -0.0466. The van der Waals surface area contributed by atoms with Crippen LogP contribution in [0.3, 0.4) is 0 Å². The van der Waals surface area contributed by atoms with Gasteiger partial charge < -0.3 is 25.3 Å². The molecule has 1 aromatic carbocycles. The average Bonchev–Trinajstić information content (AvgIpc) is 2.67. The number of aryl methyl sites for hydroxylation is 1. The Morgan fingerprint density at radius 3 is 2.71 bits per heavy atom. The minimum atomic E-state index is -0.260. The van der Waals surface area contributed by atoms with Crippen LogP contribution in [-0.2, 0) is 0 Å². The van der Waals surface area contributed by atoms with Crippen molar-refractivity contribution in [1.29, 1.82) is 0 Å². The molecule has 0 amide bonds. The van der Waals surface area contributed by atoms with Crippen molar-refractivity contribution < 1.29 is 10.2 Å². The highest BCUT2D eigenvalue weighted by Gasteiger charge is 2.45. The van der Waals surface area contributed by atoms with E-state index in [2.05, 4.69) is 27.1 Å². The number of hydrogen-bond acceptors (Lipinski definition) is 7. The Kier molecular flexibility index (Phi) is 5.12. The third-order valence-electron chi connectivity index (χ3n) is 5.97. The summed E-state index contributed by atoms with van der Waals surface area (Å²) in [5.74, 6) is 1.67. The predicted octanol–water partition coefficient (Wildman–Crippen LogP) is 2.52. The zero-order valence-corrected chi connectivity index (χ0v) is 16.6. The fraction of sp³-hybridized carbons (Fsp3) is 0.524. The van der Waals surface area contributed by atoms with E-state index in [0.29, 0.717) is 5.95 Å². The zero-order chi connectivity index (χ0) is 19.7. The topological polar surface area (TPSA) is 84.8 Å². The van der Waals surface area contributed by atoms with Crippen molar-refractivity contribution in [2.45, 2.75) is 32.3 Å². The van der Waals surface area contributed by atoms with Crippen LogP contribution < -0.4 is 10.2 Å². The van der Waals surface area contributed by atoms with E-state index < -0.39 is 0 Å². The predicted molar refractivity (Wildman–Crippen MR) is 110 cm³/mol. The van der Waals surface area contributed by atoms with Gasteiger partial charge in [-0.15, -0.1) is 0 Å². The molecule has 7 heteroatoms. The second kappa shape index (κ2) is 7.56. The Labute approximate surface area is 166 Å². The second-order valence-electron chi connectivity index (χ2n) is 8.29. The largest absolute Gasteiger partial charge is 0.508 e. The molecule has 7 nitrogen and oxygen atoms in total. The molecular formula is C21H29N5O2. The summed E-state index contributed by atoms with van der Waals surface area (Å²) < 4.78 is 0. The molecule has 2 aliphatic rings. The smallest absolute Gasteiger partial charge is 0.229 e. The number of benzene rings is 1. The number of phenolic OH excluding ortho intramolecular Hbond substituents is 1. The maximum absolute atomic E-state index is 10.8. The summed E-state index contributed by atoms with van der Waals surface area (Å²) in [6, 6.07) is 8.87. The number of likely N-dealkylation sites (tertiary alicyclic amines) is 1. The third-order valence-corrected chi connectivity index (χ3v) is 5.97. The fourth-order valence-corrected chi connectivity index (χ4v) is 4.57. The lowest BCUT2D eigenvalue weighted by Crippen LogP contribution is -2.58. The highest BCUT2D eigenvalue weighted by Crippen LogP contribution is 2.39. The molecule has 0 bridgehead atoms. The molecule has 3 N–H and O–H groups in total. The van der Waals surface area contributed by atoms with Gasteiger partial charge in [0.2, 0.25) is 5.95 Å². The Balaban J connectivity index is 1.56. The zero-order valence-electron chi connectivity index (χ0n) is 16.6. The van der Waals surface area contributed by atoms with Crippen LogP contribution in [0.4, 0.5) is 17.5 Å². The van der Waals surface area contributed by atoms with Crippen LogP contribution in [0.1, 0.15) is 25.0 Å². The Bertz CT molecular complexity index is 828. The van der Waals surface area contributed by atoms with E-state index >= 15 is 0 Å². The Morgan fingerprint density at radius 2 is 1.93 bits per heavy atom. The average molecular weight is 383 g/mol. The van der Waals surface area contributed by atoms with Crippen LogP contribution in [-0.4, -0.2) is 64.4 Å². The van der Waals surface area contributed by atoms with E-state index in [9.17, 15) is 10.2 Å². The first-order valence-electron chi connectivity index (χ1n) is 9.97. The third kappa shape index (κ3) is 3.91.